The summed E-state index contributed by atoms with van der Waals surface area (Å²) >= 11 is 0. The van der Waals surface area contributed by atoms with E-state index in [4.69, 9.17) is 9.47 Å². The van der Waals surface area contributed by atoms with Crippen molar-refractivity contribution in [3.63, 3.8) is 0 Å². The van der Waals surface area contributed by atoms with Crippen molar-refractivity contribution in [2.24, 2.45) is 0 Å². The minimum atomic E-state index is 0.467. The van der Waals surface area contributed by atoms with Crippen molar-refractivity contribution in [3.05, 3.63) is 71.8 Å². The number of nitrogens with one attached hydrogen (secondary N) is 1. The molecule has 22 heavy (non-hydrogen) atoms. The third kappa shape index (κ3) is 4.67. The molecule has 2 aromatic carbocycles. The molecule has 0 bridgehead atoms. The molecule has 2 atom stereocenters. The highest BCUT2D eigenvalue weighted by Gasteiger charge is 2.27. The van der Waals surface area contributed by atoms with Crippen LogP contribution in [0.3, 0.4) is 0 Å². The molecule has 0 amide bonds. The van der Waals surface area contributed by atoms with Gasteiger partial charge in [-0.1, -0.05) is 60.7 Å². The van der Waals surface area contributed by atoms with Gasteiger partial charge in [-0.3, -0.25) is 0 Å². The van der Waals surface area contributed by atoms with Gasteiger partial charge < -0.3 is 14.8 Å². The van der Waals surface area contributed by atoms with Gasteiger partial charge >= 0.3 is 0 Å². The fourth-order valence-corrected chi connectivity index (χ4v) is 2.67. The van der Waals surface area contributed by atoms with Gasteiger partial charge in [0.2, 0.25) is 0 Å². The Morgan fingerprint density at radius 1 is 0.727 bits per heavy atom. The van der Waals surface area contributed by atoms with E-state index >= 15 is 0 Å². The molecule has 3 heteroatoms. The second-order valence-corrected chi connectivity index (χ2v) is 5.80. The summed E-state index contributed by atoms with van der Waals surface area (Å²) in [6.07, 6.45) is 1.13. The summed E-state index contributed by atoms with van der Waals surface area (Å²) < 4.78 is 11.5. The first-order valence-electron chi connectivity index (χ1n) is 7.89. The molecule has 1 aliphatic rings. The molecule has 3 rings (SSSR count). The minimum Gasteiger partial charge on any atom is -0.375 e. The lowest BCUT2D eigenvalue weighted by Crippen LogP contribution is -2.56. The zero-order valence-corrected chi connectivity index (χ0v) is 12.8. The highest BCUT2D eigenvalue weighted by molar-refractivity contribution is 5.14. The SMILES string of the molecule is c1ccc(COC[C@@H]2C[C@@H](COCc3ccccc3)N2)cc1. The highest BCUT2D eigenvalue weighted by Crippen LogP contribution is 2.14. The van der Waals surface area contributed by atoms with Crippen molar-refractivity contribution in [1.29, 1.82) is 0 Å². The molecule has 1 aliphatic heterocycles. The largest absolute Gasteiger partial charge is 0.375 e. The first-order valence-corrected chi connectivity index (χ1v) is 7.89. The van der Waals surface area contributed by atoms with Crippen LogP contribution < -0.4 is 5.32 Å². The number of hydrogen-bond donors (Lipinski definition) is 1. The Kier molecular flexibility index (Phi) is 5.59. The molecule has 2 aromatic rings. The number of rotatable bonds is 8. The molecule has 0 spiro atoms. The summed E-state index contributed by atoms with van der Waals surface area (Å²) in [5, 5.41) is 3.50. The molecule has 0 aromatic heterocycles. The monoisotopic (exact) mass is 297 g/mol. The van der Waals surface area contributed by atoms with E-state index in [0.29, 0.717) is 25.3 Å². The highest BCUT2D eigenvalue weighted by atomic mass is 16.5. The smallest absolute Gasteiger partial charge is 0.0717 e. The average molecular weight is 297 g/mol. The van der Waals surface area contributed by atoms with E-state index in [1.54, 1.807) is 0 Å². The topological polar surface area (TPSA) is 30.5 Å². The van der Waals surface area contributed by atoms with Gasteiger partial charge in [0, 0.05) is 12.1 Å². The zero-order valence-electron chi connectivity index (χ0n) is 12.8. The predicted molar refractivity (Wildman–Crippen MR) is 87.5 cm³/mol. The Labute approximate surface area is 132 Å². The summed E-state index contributed by atoms with van der Waals surface area (Å²) in [6, 6.07) is 21.5. The fraction of sp³-hybridized carbons (Fsp3) is 0.368. The first kappa shape index (κ1) is 15.2. The van der Waals surface area contributed by atoms with Crippen LogP contribution in [0.4, 0.5) is 0 Å². The molecule has 0 unspecified atom stereocenters. The van der Waals surface area contributed by atoms with E-state index in [0.717, 1.165) is 19.6 Å². The van der Waals surface area contributed by atoms with Crippen LogP contribution >= 0.6 is 0 Å². The van der Waals surface area contributed by atoms with Gasteiger partial charge in [0.25, 0.3) is 0 Å². The summed E-state index contributed by atoms with van der Waals surface area (Å²) in [5.74, 6) is 0. The zero-order chi connectivity index (χ0) is 15.0. The second kappa shape index (κ2) is 8.08. The molecule has 1 fully saturated rings. The van der Waals surface area contributed by atoms with Crippen molar-refractivity contribution in [1.82, 2.24) is 5.32 Å². The van der Waals surface area contributed by atoms with Crippen molar-refractivity contribution in [3.8, 4) is 0 Å². The lowest BCUT2D eigenvalue weighted by molar-refractivity contribution is 0.0267. The van der Waals surface area contributed by atoms with Crippen molar-refractivity contribution >= 4 is 0 Å². The molecule has 0 saturated carbocycles. The van der Waals surface area contributed by atoms with E-state index in [9.17, 15) is 0 Å². The van der Waals surface area contributed by atoms with Crippen LogP contribution in [0, 0.1) is 0 Å². The summed E-state index contributed by atoms with van der Waals surface area (Å²) in [7, 11) is 0. The van der Waals surface area contributed by atoms with Gasteiger partial charge in [-0.25, -0.2) is 0 Å². The van der Waals surface area contributed by atoms with Crippen LogP contribution in [-0.4, -0.2) is 25.3 Å². The maximum Gasteiger partial charge on any atom is 0.0717 e. The molecule has 0 radical (unpaired) electrons. The van der Waals surface area contributed by atoms with Gasteiger partial charge in [-0.15, -0.1) is 0 Å². The third-order valence-corrected chi connectivity index (χ3v) is 3.90. The molecule has 1 heterocycles. The van der Waals surface area contributed by atoms with Crippen molar-refractivity contribution in [2.75, 3.05) is 13.2 Å². The third-order valence-electron chi connectivity index (χ3n) is 3.90. The van der Waals surface area contributed by atoms with Crippen molar-refractivity contribution < 1.29 is 9.47 Å². The Balaban J connectivity index is 1.24. The Morgan fingerprint density at radius 3 is 1.55 bits per heavy atom. The molecular weight excluding hydrogens is 274 g/mol. The molecule has 1 saturated heterocycles. The number of hydrogen-bond acceptors (Lipinski definition) is 3. The molecule has 116 valence electrons. The van der Waals surface area contributed by atoms with E-state index in [1.165, 1.54) is 11.1 Å². The Hall–Kier alpha value is -1.68. The van der Waals surface area contributed by atoms with Crippen LogP contribution in [0.15, 0.2) is 60.7 Å². The Bertz CT molecular complexity index is 488. The van der Waals surface area contributed by atoms with Gasteiger partial charge in [-0.2, -0.15) is 0 Å². The lowest BCUT2D eigenvalue weighted by Gasteiger charge is -2.36. The fourth-order valence-electron chi connectivity index (χ4n) is 2.67. The molecule has 3 nitrogen and oxygen atoms in total. The van der Waals surface area contributed by atoms with Gasteiger partial charge in [0.1, 0.15) is 0 Å². The summed E-state index contributed by atoms with van der Waals surface area (Å²) in [5.41, 5.74) is 2.45. The van der Waals surface area contributed by atoms with Crippen LogP contribution in [0.5, 0.6) is 0 Å². The molecule has 1 N–H and O–H groups in total. The summed E-state index contributed by atoms with van der Waals surface area (Å²) in [4.78, 5) is 0. The van der Waals surface area contributed by atoms with Crippen LogP contribution in [0.25, 0.3) is 0 Å². The second-order valence-electron chi connectivity index (χ2n) is 5.80. The van der Waals surface area contributed by atoms with Crippen LogP contribution in [0.2, 0.25) is 0 Å². The number of benzene rings is 2. The lowest BCUT2D eigenvalue weighted by atomic mass is 9.98. The predicted octanol–water partition coefficient (Wildman–Crippen LogP) is 3.15. The average Bonchev–Trinajstić information content (AvgIpc) is 2.54. The number of ether oxygens (including phenoxy) is 2. The van der Waals surface area contributed by atoms with Crippen molar-refractivity contribution in [2.45, 2.75) is 31.7 Å². The summed E-state index contributed by atoms with van der Waals surface area (Å²) in [6.45, 7) is 2.91. The quantitative estimate of drug-likeness (QED) is 0.812. The molecular formula is C19H23NO2. The normalized spacial score (nSPS) is 20.5. The van der Waals surface area contributed by atoms with Gasteiger partial charge in [0.15, 0.2) is 0 Å². The van der Waals surface area contributed by atoms with E-state index < -0.39 is 0 Å². The minimum absolute atomic E-state index is 0.467. The van der Waals surface area contributed by atoms with E-state index in [-0.39, 0.29) is 0 Å². The first-order chi connectivity index (χ1) is 10.9. The van der Waals surface area contributed by atoms with E-state index in [1.807, 2.05) is 36.4 Å². The van der Waals surface area contributed by atoms with Gasteiger partial charge in [-0.05, 0) is 17.5 Å². The molecule has 0 aliphatic carbocycles. The Morgan fingerprint density at radius 2 is 1.14 bits per heavy atom. The van der Waals surface area contributed by atoms with Crippen LogP contribution in [0.1, 0.15) is 17.5 Å². The van der Waals surface area contributed by atoms with E-state index in [2.05, 4.69) is 29.6 Å². The van der Waals surface area contributed by atoms with Gasteiger partial charge in [0.05, 0.1) is 26.4 Å². The maximum absolute atomic E-state index is 5.74. The maximum atomic E-state index is 5.74. The standard InChI is InChI=1S/C19H23NO2/c1-3-7-16(8-4-1)12-21-14-18-11-19(20-18)15-22-13-17-9-5-2-6-10-17/h1-10,18-20H,11-15H2/t18-,19-/m0/s1. The van der Waals surface area contributed by atoms with Crippen LogP contribution in [-0.2, 0) is 22.7 Å².